The van der Waals surface area contributed by atoms with Gasteiger partial charge in [0.15, 0.2) is 0 Å². The second kappa shape index (κ2) is 9.24. The lowest BCUT2D eigenvalue weighted by Gasteiger charge is -2.28. The van der Waals surface area contributed by atoms with E-state index in [2.05, 4.69) is 55.4 Å². The van der Waals surface area contributed by atoms with Crippen molar-refractivity contribution in [2.24, 2.45) is 17.3 Å². The third-order valence-electron chi connectivity index (χ3n) is 2.48. The minimum atomic E-state index is 0.504. The normalized spacial score (nSPS) is 13.4. The second-order valence-electron chi connectivity index (χ2n) is 6.26. The molecule has 0 saturated carbocycles. The van der Waals surface area contributed by atoms with Crippen LogP contribution in [-0.4, -0.2) is 0 Å². The molecule has 0 amide bonds. The summed E-state index contributed by atoms with van der Waals surface area (Å²) >= 11 is 0. The summed E-state index contributed by atoms with van der Waals surface area (Å²) in [6.45, 7) is 18.3. The highest BCUT2D eigenvalue weighted by molar-refractivity contribution is 4.71. The van der Waals surface area contributed by atoms with Gasteiger partial charge in [0.25, 0.3) is 0 Å². The van der Waals surface area contributed by atoms with Gasteiger partial charge in [-0.25, -0.2) is 0 Å². The zero-order chi connectivity index (χ0) is 12.5. The van der Waals surface area contributed by atoms with Gasteiger partial charge in [0, 0.05) is 0 Å². The van der Waals surface area contributed by atoms with Gasteiger partial charge in [-0.3, -0.25) is 0 Å². The smallest absolute Gasteiger partial charge is 0.0380 e. The highest BCUT2D eigenvalue weighted by Crippen LogP contribution is 2.31. The maximum atomic E-state index is 2.35. The Morgan fingerprint density at radius 1 is 0.933 bits per heavy atom. The standard InChI is InChI=1S/C12H26.C3H8/c1-7-8-11(10(2)3)9-12(4,5)6;1-3-2/h10-11H,7-9H2,1-6H3;3H2,1-2H3. The lowest BCUT2D eigenvalue weighted by Crippen LogP contribution is -2.17. The summed E-state index contributed by atoms with van der Waals surface area (Å²) in [4.78, 5) is 0. The van der Waals surface area contributed by atoms with E-state index in [1.54, 1.807) is 0 Å². The van der Waals surface area contributed by atoms with Crippen molar-refractivity contribution in [1.29, 1.82) is 0 Å². The molecule has 0 N–H and O–H groups in total. The molecule has 0 heterocycles. The molecular formula is C15H34. The van der Waals surface area contributed by atoms with Gasteiger partial charge in [-0.2, -0.15) is 0 Å². The quantitative estimate of drug-likeness (QED) is 0.545. The summed E-state index contributed by atoms with van der Waals surface area (Å²) in [5, 5.41) is 0. The van der Waals surface area contributed by atoms with Crippen LogP contribution in [0.25, 0.3) is 0 Å². The van der Waals surface area contributed by atoms with E-state index in [0.29, 0.717) is 5.41 Å². The number of hydrogen-bond donors (Lipinski definition) is 0. The predicted molar refractivity (Wildman–Crippen MR) is 73.3 cm³/mol. The summed E-state index contributed by atoms with van der Waals surface area (Å²) in [6.07, 6.45) is 5.35. The first kappa shape index (κ1) is 17.4. The van der Waals surface area contributed by atoms with Crippen LogP contribution in [0, 0.1) is 17.3 Å². The van der Waals surface area contributed by atoms with Crippen LogP contribution in [0.3, 0.4) is 0 Å². The second-order valence-corrected chi connectivity index (χ2v) is 6.26. The predicted octanol–water partition coefficient (Wildman–Crippen LogP) is 5.91. The molecule has 0 aliphatic heterocycles. The summed E-state index contributed by atoms with van der Waals surface area (Å²) in [7, 11) is 0. The Morgan fingerprint density at radius 2 is 1.33 bits per heavy atom. The Labute approximate surface area is 98.9 Å². The molecule has 1 atom stereocenters. The van der Waals surface area contributed by atoms with Gasteiger partial charge in [-0.1, -0.05) is 74.7 Å². The zero-order valence-electron chi connectivity index (χ0n) is 12.5. The van der Waals surface area contributed by atoms with Crippen molar-refractivity contribution in [3.05, 3.63) is 0 Å². The minimum Gasteiger partial charge on any atom is -0.0656 e. The Balaban J connectivity index is 0. The first-order valence-electron chi connectivity index (χ1n) is 6.78. The first-order valence-corrected chi connectivity index (χ1v) is 6.78. The molecule has 0 aliphatic carbocycles. The Hall–Kier alpha value is 0. The molecule has 1 unspecified atom stereocenters. The molecule has 0 aromatic heterocycles. The van der Waals surface area contributed by atoms with Crippen LogP contribution in [0.2, 0.25) is 0 Å². The van der Waals surface area contributed by atoms with Crippen LogP contribution in [0.1, 0.15) is 81.1 Å². The van der Waals surface area contributed by atoms with E-state index in [1.807, 2.05) is 0 Å². The molecule has 0 saturated heterocycles. The molecule has 0 fully saturated rings. The van der Waals surface area contributed by atoms with Gasteiger partial charge in [0.1, 0.15) is 0 Å². The zero-order valence-corrected chi connectivity index (χ0v) is 12.5. The van der Waals surface area contributed by atoms with Gasteiger partial charge in [0.2, 0.25) is 0 Å². The summed E-state index contributed by atoms with van der Waals surface area (Å²) in [5.41, 5.74) is 0.504. The third kappa shape index (κ3) is 14.0. The molecule has 15 heavy (non-hydrogen) atoms. The van der Waals surface area contributed by atoms with E-state index >= 15 is 0 Å². The van der Waals surface area contributed by atoms with Crippen LogP contribution in [0.4, 0.5) is 0 Å². The van der Waals surface area contributed by atoms with Crippen LogP contribution >= 0.6 is 0 Å². The average Bonchev–Trinajstić information content (AvgIpc) is 2.02. The fourth-order valence-corrected chi connectivity index (χ4v) is 1.83. The van der Waals surface area contributed by atoms with Crippen molar-refractivity contribution in [1.82, 2.24) is 0 Å². The maximum absolute atomic E-state index is 2.35. The molecule has 0 rings (SSSR count). The topological polar surface area (TPSA) is 0 Å². The highest BCUT2D eigenvalue weighted by Gasteiger charge is 2.20. The van der Waals surface area contributed by atoms with E-state index in [-0.39, 0.29) is 0 Å². The van der Waals surface area contributed by atoms with Crippen molar-refractivity contribution in [2.75, 3.05) is 0 Å². The average molecular weight is 214 g/mol. The lowest BCUT2D eigenvalue weighted by molar-refractivity contribution is 0.230. The molecule has 0 aliphatic rings. The summed E-state index contributed by atoms with van der Waals surface area (Å²) < 4.78 is 0. The highest BCUT2D eigenvalue weighted by atomic mass is 14.3. The van der Waals surface area contributed by atoms with E-state index < -0.39 is 0 Å². The molecule has 0 nitrogen and oxygen atoms in total. The largest absolute Gasteiger partial charge is 0.0656 e. The van der Waals surface area contributed by atoms with E-state index in [4.69, 9.17) is 0 Å². The van der Waals surface area contributed by atoms with Crippen molar-refractivity contribution in [2.45, 2.75) is 81.1 Å². The Kier molecular flexibility index (Phi) is 10.7. The SMILES string of the molecule is CCC.CCCC(CC(C)(C)C)C(C)C. The minimum absolute atomic E-state index is 0.504. The fraction of sp³-hybridized carbons (Fsp3) is 1.00. The Bertz CT molecular complexity index is 116. The molecule has 94 valence electrons. The molecule has 0 radical (unpaired) electrons. The maximum Gasteiger partial charge on any atom is -0.0380 e. The van der Waals surface area contributed by atoms with Crippen LogP contribution in [0.5, 0.6) is 0 Å². The van der Waals surface area contributed by atoms with Gasteiger partial charge in [-0.15, -0.1) is 0 Å². The monoisotopic (exact) mass is 214 g/mol. The lowest BCUT2D eigenvalue weighted by atomic mass is 9.78. The van der Waals surface area contributed by atoms with Gasteiger partial charge >= 0.3 is 0 Å². The molecule has 0 spiro atoms. The third-order valence-corrected chi connectivity index (χ3v) is 2.48. The summed E-state index contributed by atoms with van der Waals surface area (Å²) in [5.74, 6) is 1.78. The molecule has 0 heteroatoms. The van der Waals surface area contributed by atoms with E-state index in [0.717, 1.165) is 11.8 Å². The molecule has 0 aromatic carbocycles. The molecule has 0 aromatic rings. The van der Waals surface area contributed by atoms with Crippen LogP contribution in [-0.2, 0) is 0 Å². The Morgan fingerprint density at radius 3 is 1.53 bits per heavy atom. The van der Waals surface area contributed by atoms with Crippen molar-refractivity contribution in [3.63, 3.8) is 0 Å². The van der Waals surface area contributed by atoms with Crippen molar-refractivity contribution < 1.29 is 0 Å². The number of rotatable bonds is 4. The van der Waals surface area contributed by atoms with Gasteiger partial charge in [0.05, 0.1) is 0 Å². The fourth-order valence-electron chi connectivity index (χ4n) is 1.83. The summed E-state index contributed by atoms with van der Waals surface area (Å²) in [6, 6.07) is 0. The van der Waals surface area contributed by atoms with Crippen LogP contribution in [0.15, 0.2) is 0 Å². The molecular weight excluding hydrogens is 180 g/mol. The molecule has 0 bridgehead atoms. The van der Waals surface area contributed by atoms with Crippen molar-refractivity contribution >= 4 is 0 Å². The van der Waals surface area contributed by atoms with Crippen LogP contribution < -0.4 is 0 Å². The van der Waals surface area contributed by atoms with Crippen molar-refractivity contribution in [3.8, 4) is 0 Å². The first-order chi connectivity index (χ1) is 6.78. The van der Waals surface area contributed by atoms with Gasteiger partial charge < -0.3 is 0 Å². The number of hydrogen-bond acceptors (Lipinski definition) is 0. The van der Waals surface area contributed by atoms with E-state index in [9.17, 15) is 0 Å². The van der Waals surface area contributed by atoms with Gasteiger partial charge in [-0.05, 0) is 23.7 Å². The van der Waals surface area contributed by atoms with E-state index in [1.165, 1.54) is 25.7 Å².